The van der Waals surface area contributed by atoms with Crippen molar-refractivity contribution in [2.75, 3.05) is 21.3 Å². The molecule has 3 aromatic rings. The number of aromatic amines is 1. The number of hydrogen-bond donors (Lipinski definition) is 1. The van der Waals surface area contributed by atoms with Crippen molar-refractivity contribution in [3.05, 3.63) is 57.5 Å². The van der Waals surface area contributed by atoms with E-state index in [-0.39, 0.29) is 18.0 Å². The van der Waals surface area contributed by atoms with Gasteiger partial charge in [0.1, 0.15) is 10.5 Å². The minimum atomic E-state index is -0.210. The molecule has 0 aliphatic heterocycles. The van der Waals surface area contributed by atoms with E-state index in [0.717, 1.165) is 5.56 Å². The summed E-state index contributed by atoms with van der Waals surface area (Å²) in [6, 6.07) is 7.18. The van der Waals surface area contributed by atoms with Crippen LogP contribution in [0.3, 0.4) is 0 Å². The largest absolute Gasteiger partial charge is 0.493 e. The highest BCUT2D eigenvalue weighted by Crippen LogP contribution is 2.28. The van der Waals surface area contributed by atoms with Crippen LogP contribution in [0.15, 0.2) is 40.5 Å². The summed E-state index contributed by atoms with van der Waals surface area (Å²) < 4.78 is 11.0. The molecule has 0 fully saturated rings. The minimum Gasteiger partial charge on any atom is -0.493 e. The molecule has 2 aromatic heterocycles. The zero-order chi connectivity index (χ0) is 19.4. The minimum absolute atomic E-state index is 0.188. The molecular weight excluding hydrogens is 366 g/mol. The molecule has 27 heavy (non-hydrogen) atoms. The number of carbonyl (C=O) groups is 1. The Balaban J connectivity index is 1.71. The van der Waals surface area contributed by atoms with E-state index in [9.17, 15) is 9.59 Å². The number of methoxy groups -OCH3 is 2. The first kappa shape index (κ1) is 18.7. The number of nitrogens with zero attached hydrogens (tertiary/aromatic N) is 2. The topological polar surface area (TPSA) is 84.5 Å². The molecule has 0 unspecified atom stereocenters. The fraction of sp³-hybridized carbons (Fsp3) is 0.211. The second-order valence-corrected chi connectivity index (χ2v) is 6.71. The van der Waals surface area contributed by atoms with E-state index < -0.39 is 0 Å². The lowest BCUT2D eigenvalue weighted by atomic mass is 10.2. The monoisotopic (exact) mass is 385 g/mol. The van der Waals surface area contributed by atoms with E-state index in [4.69, 9.17) is 9.47 Å². The van der Waals surface area contributed by atoms with Crippen LogP contribution in [0.1, 0.15) is 11.4 Å². The third-order valence-electron chi connectivity index (χ3n) is 3.95. The van der Waals surface area contributed by atoms with Gasteiger partial charge in [0.05, 0.1) is 26.3 Å². The van der Waals surface area contributed by atoms with E-state index in [0.29, 0.717) is 27.5 Å². The fourth-order valence-electron chi connectivity index (χ4n) is 2.55. The maximum absolute atomic E-state index is 12.4. The number of hydrogen-bond acceptors (Lipinski definition) is 6. The highest BCUT2D eigenvalue weighted by molar-refractivity contribution is 7.17. The molecule has 1 N–H and O–H groups in total. The van der Waals surface area contributed by atoms with Gasteiger partial charge in [0, 0.05) is 13.1 Å². The zero-order valence-electron chi connectivity index (χ0n) is 15.2. The third-order valence-corrected chi connectivity index (χ3v) is 4.86. The van der Waals surface area contributed by atoms with Gasteiger partial charge in [-0.05, 0) is 35.2 Å². The molecule has 0 atom stereocenters. The highest BCUT2D eigenvalue weighted by atomic mass is 32.1. The maximum atomic E-state index is 12.4. The molecule has 0 aliphatic rings. The number of ether oxygens (including phenoxy) is 2. The Morgan fingerprint density at radius 3 is 2.78 bits per heavy atom. The number of thiophene rings is 1. The van der Waals surface area contributed by atoms with Gasteiger partial charge in [0.25, 0.3) is 5.56 Å². The lowest BCUT2D eigenvalue weighted by Gasteiger charge is -2.14. The molecule has 7 nitrogen and oxygen atoms in total. The Bertz CT molecular complexity index is 1050. The average molecular weight is 385 g/mol. The SMILES string of the molecule is COc1ccc(/C=C/C(=O)N(C)Cc2nc3ccsc3c(=O)[nH]2)cc1OC. The molecule has 8 heteroatoms. The predicted octanol–water partition coefficient (Wildman–Crippen LogP) is 2.67. The molecule has 1 aromatic carbocycles. The Morgan fingerprint density at radius 1 is 1.26 bits per heavy atom. The summed E-state index contributed by atoms with van der Waals surface area (Å²) in [5, 5.41) is 1.82. The van der Waals surface area contributed by atoms with Gasteiger partial charge >= 0.3 is 0 Å². The van der Waals surface area contributed by atoms with Gasteiger partial charge in [-0.1, -0.05) is 6.07 Å². The second kappa shape index (κ2) is 8.05. The summed E-state index contributed by atoms with van der Waals surface area (Å²) in [5.74, 6) is 1.45. The smallest absolute Gasteiger partial charge is 0.268 e. The van der Waals surface area contributed by atoms with Crippen LogP contribution in [-0.4, -0.2) is 42.0 Å². The first-order valence-corrected chi connectivity index (χ1v) is 9.01. The number of fused-ring (bicyclic) bond motifs is 1. The molecule has 0 saturated carbocycles. The quantitative estimate of drug-likeness (QED) is 0.660. The van der Waals surface area contributed by atoms with Crippen molar-refractivity contribution in [2.45, 2.75) is 6.54 Å². The maximum Gasteiger partial charge on any atom is 0.268 e. The van der Waals surface area contributed by atoms with Gasteiger partial charge in [-0.25, -0.2) is 4.98 Å². The molecule has 0 saturated heterocycles. The van der Waals surface area contributed by atoms with E-state index in [1.54, 1.807) is 45.5 Å². The summed E-state index contributed by atoms with van der Waals surface area (Å²) in [7, 11) is 4.78. The number of benzene rings is 1. The van der Waals surface area contributed by atoms with E-state index in [2.05, 4.69) is 9.97 Å². The first-order valence-electron chi connectivity index (χ1n) is 8.13. The lowest BCUT2D eigenvalue weighted by molar-refractivity contribution is -0.125. The standard InChI is InChI=1S/C19H19N3O4S/c1-22(11-16-20-13-8-9-27-18(13)19(24)21-16)17(23)7-5-12-4-6-14(25-2)15(10-12)26-3/h4-10H,11H2,1-3H3,(H,20,21,24)/b7-5+. The van der Waals surface area contributed by atoms with Crippen molar-refractivity contribution in [2.24, 2.45) is 0 Å². The fourth-order valence-corrected chi connectivity index (χ4v) is 3.28. The summed E-state index contributed by atoms with van der Waals surface area (Å²) >= 11 is 1.34. The molecule has 140 valence electrons. The highest BCUT2D eigenvalue weighted by Gasteiger charge is 2.10. The van der Waals surface area contributed by atoms with Crippen molar-refractivity contribution in [3.63, 3.8) is 0 Å². The van der Waals surface area contributed by atoms with Crippen LogP contribution in [0.4, 0.5) is 0 Å². The normalized spacial score (nSPS) is 11.1. The van der Waals surface area contributed by atoms with Gasteiger partial charge in [0.15, 0.2) is 11.5 Å². The van der Waals surface area contributed by atoms with Crippen molar-refractivity contribution in [1.82, 2.24) is 14.9 Å². The number of amides is 1. The Labute approximate surface area is 159 Å². The van der Waals surface area contributed by atoms with Crippen molar-refractivity contribution in [3.8, 4) is 11.5 Å². The number of nitrogens with one attached hydrogen (secondary N) is 1. The first-order chi connectivity index (χ1) is 13.0. The van der Waals surface area contributed by atoms with E-state index in [1.165, 1.54) is 22.3 Å². The van der Waals surface area contributed by atoms with Crippen LogP contribution in [0.2, 0.25) is 0 Å². The molecule has 3 rings (SSSR count). The lowest BCUT2D eigenvalue weighted by Crippen LogP contribution is -2.26. The number of likely N-dealkylation sites (N-methyl/N-ethyl adjacent to an activating group) is 1. The van der Waals surface area contributed by atoms with Crippen LogP contribution in [0.25, 0.3) is 16.3 Å². The van der Waals surface area contributed by atoms with Crippen LogP contribution in [-0.2, 0) is 11.3 Å². The summed E-state index contributed by atoms with van der Waals surface area (Å²) in [4.78, 5) is 33.0. The predicted molar refractivity (Wildman–Crippen MR) is 105 cm³/mol. The molecule has 0 aliphatic carbocycles. The van der Waals surface area contributed by atoms with Crippen LogP contribution in [0.5, 0.6) is 11.5 Å². The van der Waals surface area contributed by atoms with Crippen molar-refractivity contribution >= 4 is 33.5 Å². The van der Waals surface area contributed by atoms with Gasteiger partial charge in [-0.15, -0.1) is 11.3 Å². The third kappa shape index (κ3) is 4.17. The van der Waals surface area contributed by atoms with E-state index >= 15 is 0 Å². The number of carbonyl (C=O) groups excluding carboxylic acids is 1. The zero-order valence-corrected chi connectivity index (χ0v) is 16.0. The van der Waals surface area contributed by atoms with E-state index in [1.807, 2.05) is 11.4 Å². The Morgan fingerprint density at radius 2 is 2.04 bits per heavy atom. The summed E-state index contributed by atoms with van der Waals surface area (Å²) in [5.41, 5.74) is 1.26. The average Bonchev–Trinajstić information content (AvgIpc) is 3.14. The summed E-state index contributed by atoms with van der Waals surface area (Å²) in [6.45, 7) is 0.204. The molecule has 1 amide bonds. The number of aromatic nitrogens is 2. The van der Waals surface area contributed by atoms with Gasteiger partial charge in [0.2, 0.25) is 5.91 Å². The van der Waals surface area contributed by atoms with Crippen molar-refractivity contribution in [1.29, 1.82) is 0 Å². The summed E-state index contributed by atoms with van der Waals surface area (Å²) in [6.07, 6.45) is 3.15. The molecule has 0 spiro atoms. The van der Waals surface area contributed by atoms with Crippen molar-refractivity contribution < 1.29 is 14.3 Å². The van der Waals surface area contributed by atoms with Crippen LogP contribution < -0.4 is 15.0 Å². The second-order valence-electron chi connectivity index (χ2n) is 5.79. The Kier molecular flexibility index (Phi) is 5.56. The van der Waals surface area contributed by atoms with Crippen LogP contribution in [0, 0.1) is 0 Å². The molecular formula is C19H19N3O4S. The van der Waals surface area contributed by atoms with Gasteiger partial charge < -0.3 is 19.4 Å². The molecule has 0 bridgehead atoms. The molecule has 0 radical (unpaired) electrons. The van der Waals surface area contributed by atoms with Gasteiger partial charge in [-0.2, -0.15) is 0 Å². The van der Waals surface area contributed by atoms with Crippen LogP contribution >= 0.6 is 11.3 Å². The van der Waals surface area contributed by atoms with Gasteiger partial charge in [-0.3, -0.25) is 9.59 Å². The number of H-pyrrole nitrogens is 1. The molecule has 2 heterocycles. The number of rotatable bonds is 6. The Hall–Kier alpha value is -3.13.